The third-order valence-electron chi connectivity index (χ3n) is 3.14. The third kappa shape index (κ3) is 1.76. The Morgan fingerprint density at radius 1 is 1.31 bits per heavy atom. The number of allylic oxidation sites excluding steroid dienone is 7. The fourth-order valence-corrected chi connectivity index (χ4v) is 2.21. The van der Waals surface area contributed by atoms with Gasteiger partial charge in [0.05, 0.1) is 6.26 Å². The molecule has 16 heavy (non-hydrogen) atoms. The van der Waals surface area contributed by atoms with Crippen LogP contribution in [0.4, 0.5) is 0 Å². The lowest BCUT2D eigenvalue weighted by Crippen LogP contribution is -2.22. The van der Waals surface area contributed by atoms with Crippen LogP contribution in [0.3, 0.4) is 0 Å². The summed E-state index contributed by atoms with van der Waals surface area (Å²) in [6.07, 6.45) is 15.8. The van der Waals surface area contributed by atoms with Crippen molar-refractivity contribution in [1.82, 2.24) is 5.32 Å². The van der Waals surface area contributed by atoms with Gasteiger partial charge in [0.15, 0.2) is 0 Å². The van der Waals surface area contributed by atoms with Crippen LogP contribution in [-0.2, 0) is 4.74 Å². The zero-order chi connectivity index (χ0) is 10.8. The Hall–Kier alpha value is -1.54. The van der Waals surface area contributed by atoms with Gasteiger partial charge < -0.3 is 10.1 Å². The molecule has 0 amide bonds. The summed E-state index contributed by atoms with van der Waals surface area (Å²) >= 11 is 0. The first-order valence-corrected chi connectivity index (χ1v) is 5.77. The van der Waals surface area contributed by atoms with Crippen LogP contribution < -0.4 is 5.32 Å². The van der Waals surface area contributed by atoms with Gasteiger partial charge in [0.1, 0.15) is 5.76 Å². The summed E-state index contributed by atoms with van der Waals surface area (Å²) in [5, 5.41) is 3.31. The molecular weight excluding hydrogens is 198 g/mol. The molecule has 0 aromatic rings. The molecule has 0 aromatic carbocycles. The minimum atomic E-state index is 0.393. The van der Waals surface area contributed by atoms with Gasteiger partial charge in [-0.2, -0.15) is 0 Å². The van der Waals surface area contributed by atoms with Gasteiger partial charge >= 0.3 is 0 Å². The topological polar surface area (TPSA) is 21.3 Å². The summed E-state index contributed by atoms with van der Waals surface area (Å²) in [6, 6.07) is 0. The molecule has 0 radical (unpaired) electrons. The maximum Gasteiger partial charge on any atom is 0.126 e. The minimum absolute atomic E-state index is 0.393. The highest BCUT2D eigenvalue weighted by molar-refractivity contribution is 5.42. The van der Waals surface area contributed by atoms with Crippen LogP contribution in [0.2, 0.25) is 0 Å². The van der Waals surface area contributed by atoms with Crippen LogP contribution in [0.15, 0.2) is 59.6 Å². The Balaban J connectivity index is 1.84. The number of fused-ring (bicyclic) bond motifs is 1. The Morgan fingerprint density at radius 3 is 3.19 bits per heavy atom. The van der Waals surface area contributed by atoms with Gasteiger partial charge in [-0.15, -0.1) is 0 Å². The van der Waals surface area contributed by atoms with E-state index in [2.05, 4.69) is 35.7 Å². The Bertz CT molecular complexity index is 438. The summed E-state index contributed by atoms with van der Waals surface area (Å²) < 4.78 is 5.70. The van der Waals surface area contributed by atoms with Crippen LogP contribution in [-0.4, -0.2) is 13.1 Å². The van der Waals surface area contributed by atoms with Gasteiger partial charge in [-0.25, -0.2) is 0 Å². The fraction of sp³-hybridized carbons (Fsp3) is 0.286. The maximum atomic E-state index is 5.70. The number of nitrogens with one attached hydrogen (secondary N) is 1. The SMILES string of the molecule is C1=CC2=COC(C3=CCNCC3)=CC2C=C1. The Morgan fingerprint density at radius 2 is 2.31 bits per heavy atom. The standard InChI is InChI=1S/C14H15NO/c1-2-4-13-10-16-14(9-12(13)3-1)11-5-7-15-8-6-11/h1-5,9-10,12,15H,6-8H2. The quantitative estimate of drug-likeness (QED) is 0.722. The molecule has 2 aliphatic heterocycles. The second-order valence-electron chi connectivity index (χ2n) is 4.22. The van der Waals surface area contributed by atoms with Crippen molar-refractivity contribution in [3.63, 3.8) is 0 Å². The van der Waals surface area contributed by atoms with Crippen molar-refractivity contribution >= 4 is 0 Å². The molecule has 2 nitrogen and oxygen atoms in total. The highest BCUT2D eigenvalue weighted by Gasteiger charge is 2.18. The molecule has 1 N–H and O–H groups in total. The van der Waals surface area contributed by atoms with Crippen molar-refractivity contribution in [2.24, 2.45) is 5.92 Å². The summed E-state index contributed by atoms with van der Waals surface area (Å²) in [4.78, 5) is 0. The first-order chi connectivity index (χ1) is 7.93. The minimum Gasteiger partial charge on any atom is -0.465 e. The molecule has 0 bridgehead atoms. The van der Waals surface area contributed by atoms with E-state index in [4.69, 9.17) is 4.74 Å². The van der Waals surface area contributed by atoms with E-state index in [1.807, 2.05) is 12.3 Å². The second kappa shape index (κ2) is 4.14. The third-order valence-corrected chi connectivity index (χ3v) is 3.14. The van der Waals surface area contributed by atoms with Crippen molar-refractivity contribution in [2.45, 2.75) is 6.42 Å². The van der Waals surface area contributed by atoms with Gasteiger partial charge in [-0.3, -0.25) is 0 Å². The molecule has 1 unspecified atom stereocenters. The molecule has 3 aliphatic rings. The van der Waals surface area contributed by atoms with E-state index < -0.39 is 0 Å². The van der Waals surface area contributed by atoms with E-state index in [1.165, 1.54) is 11.1 Å². The molecule has 0 saturated heterocycles. The normalized spacial score (nSPS) is 27.5. The average molecular weight is 213 g/mol. The smallest absolute Gasteiger partial charge is 0.126 e. The lowest BCUT2D eigenvalue weighted by molar-refractivity contribution is 0.338. The van der Waals surface area contributed by atoms with Crippen molar-refractivity contribution in [2.75, 3.05) is 13.1 Å². The van der Waals surface area contributed by atoms with Gasteiger partial charge in [-0.1, -0.05) is 30.4 Å². The zero-order valence-corrected chi connectivity index (χ0v) is 9.15. The molecule has 0 spiro atoms. The highest BCUT2D eigenvalue weighted by Crippen LogP contribution is 2.30. The number of hydrogen-bond acceptors (Lipinski definition) is 2. The predicted octanol–water partition coefficient (Wildman–Crippen LogP) is 2.45. The highest BCUT2D eigenvalue weighted by atomic mass is 16.5. The zero-order valence-electron chi connectivity index (χ0n) is 9.15. The molecule has 2 heteroatoms. The summed E-state index contributed by atoms with van der Waals surface area (Å²) in [5.41, 5.74) is 2.57. The van der Waals surface area contributed by atoms with Gasteiger partial charge in [0.25, 0.3) is 0 Å². The van der Waals surface area contributed by atoms with E-state index in [-0.39, 0.29) is 0 Å². The molecule has 0 saturated carbocycles. The van der Waals surface area contributed by atoms with Crippen LogP contribution >= 0.6 is 0 Å². The number of rotatable bonds is 1. The average Bonchev–Trinajstić information content (AvgIpc) is 2.39. The molecular formula is C14H15NO. The molecule has 1 atom stereocenters. The molecule has 2 heterocycles. The van der Waals surface area contributed by atoms with Crippen LogP contribution in [0.25, 0.3) is 0 Å². The number of ether oxygens (including phenoxy) is 1. The summed E-state index contributed by atoms with van der Waals surface area (Å²) in [7, 11) is 0. The first kappa shape index (κ1) is 9.67. The monoisotopic (exact) mass is 213 g/mol. The van der Waals surface area contributed by atoms with Crippen molar-refractivity contribution in [3.05, 3.63) is 59.6 Å². The predicted molar refractivity (Wildman–Crippen MR) is 64.6 cm³/mol. The molecule has 0 aromatic heterocycles. The Labute approximate surface area is 95.7 Å². The molecule has 3 rings (SSSR count). The van der Waals surface area contributed by atoms with E-state index in [0.717, 1.165) is 25.3 Å². The summed E-state index contributed by atoms with van der Waals surface area (Å²) in [5.74, 6) is 1.43. The lowest BCUT2D eigenvalue weighted by atomic mass is 9.92. The van der Waals surface area contributed by atoms with E-state index in [1.54, 1.807) is 0 Å². The first-order valence-electron chi connectivity index (χ1n) is 5.77. The van der Waals surface area contributed by atoms with E-state index >= 15 is 0 Å². The fourth-order valence-electron chi connectivity index (χ4n) is 2.21. The second-order valence-corrected chi connectivity index (χ2v) is 4.22. The lowest BCUT2D eigenvalue weighted by Gasteiger charge is -2.23. The van der Waals surface area contributed by atoms with E-state index in [0.29, 0.717) is 5.92 Å². The molecule has 0 fully saturated rings. The molecule has 82 valence electrons. The number of hydrogen-bond donors (Lipinski definition) is 1. The van der Waals surface area contributed by atoms with E-state index in [9.17, 15) is 0 Å². The van der Waals surface area contributed by atoms with Crippen LogP contribution in [0.1, 0.15) is 6.42 Å². The molecule has 1 aliphatic carbocycles. The van der Waals surface area contributed by atoms with Crippen molar-refractivity contribution < 1.29 is 4.74 Å². The van der Waals surface area contributed by atoms with Crippen molar-refractivity contribution in [1.29, 1.82) is 0 Å². The van der Waals surface area contributed by atoms with Gasteiger partial charge in [0.2, 0.25) is 0 Å². The van der Waals surface area contributed by atoms with Gasteiger partial charge in [0, 0.05) is 12.5 Å². The summed E-state index contributed by atoms with van der Waals surface area (Å²) in [6.45, 7) is 2.00. The van der Waals surface area contributed by atoms with Crippen molar-refractivity contribution in [3.8, 4) is 0 Å². The maximum absolute atomic E-state index is 5.70. The van der Waals surface area contributed by atoms with Crippen LogP contribution in [0.5, 0.6) is 0 Å². The van der Waals surface area contributed by atoms with Crippen LogP contribution in [0, 0.1) is 5.92 Å². The Kier molecular flexibility index (Phi) is 2.50. The largest absolute Gasteiger partial charge is 0.465 e. The van der Waals surface area contributed by atoms with Gasteiger partial charge in [-0.05, 0) is 30.2 Å².